The van der Waals surface area contributed by atoms with E-state index in [-0.39, 0.29) is 18.0 Å². The molecule has 2 aromatic heterocycles. The molecule has 2 aliphatic carbocycles. The van der Waals surface area contributed by atoms with Gasteiger partial charge in [0.15, 0.2) is 11.6 Å². The third-order valence-electron chi connectivity index (χ3n) is 9.61. The van der Waals surface area contributed by atoms with Crippen molar-refractivity contribution in [2.45, 2.75) is 135 Å². The van der Waals surface area contributed by atoms with Crippen molar-refractivity contribution in [2.24, 2.45) is 10.8 Å². The first-order valence-corrected chi connectivity index (χ1v) is 20.0. The van der Waals surface area contributed by atoms with Gasteiger partial charge in [-0.1, -0.05) is 18.2 Å². The Balaban J connectivity index is 0.000000265. The highest BCUT2D eigenvalue weighted by Gasteiger charge is 2.46. The summed E-state index contributed by atoms with van der Waals surface area (Å²) < 4.78 is 71.8. The Morgan fingerprint density at radius 3 is 1.55 bits per heavy atom. The Morgan fingerprint density at radius 2 is 1.15 bits per heavy atom. The van der Waals surface area contributed by atoms with Crippen LogP contribution in [0.1, 0.15) is 110 Å². The number of aromatic nitrogens is 2. The molecule has 1 aromatic carbocycles. The summed E-state index contributed by atoms with van der Waals surface area (Å²) in [6, 6.07) is 14.2. The molecule has 0 aliphatic heterocycles. The van der Waals surface area contributed by atoms with Gasteiger partial charge in [-0.15, -0.1) is 0 Å². The summed E-state index contributed by atoms with van der Waals surface area (Å²) in [6.07, 6.45) is -0.720. The number of hydrogen-bond donors (Lipinski definition) is 1. The molecule has 1 N–H and O–H groups in total. The molecule has 2 fully saturated rings. The number of ether oxygens (including phenoxy) is 3. The smallest absolute Gasteiger partial charge is 0.419 e. The number of aliphatic hydroxyl groups is 1. The maximum absolute atomic E-state index is 14.4. The number of aliphatic hydroxyl groups excluding tert-OH is 1. The van der Waals surface area contributed by atoms with Gasteiger partial charge in [0, 0.05) is 24.2 Å². The average Bonchev–Trinajstić information content (AvgIpc) is 3.06. The Hall–Kier alpha value is -3.10. The first-order valence-electron chi connectivity index (χ1n) is 18.4. The zero-order valence-electron chi connectivity index (χ0n) is 32.1. The molecule has 14 heteroatoms. The molecule has 2 saturated carbocycles. The largest absolute Gasteiger partial charge is 0.487 e. The second kappa shape index (κ2) is 18.0. The van der Waals surface area contributed by atoms with Gasteiger partial charge in [-0.25, -0.2) is 14.4 Å². The first kappa shape index (κ1) is 44.6. The fraction of sp³-hybridized carbons (Fsp3) is 0.561. The van der Waals surface area contributed by atoms with Crippen molar-refractivity contribution in [3.63, 3.8) is 0 Å². The maximum Gasteiger partial charge on any atom is 0.419 e. The lowest BCUT2D eigenvalue weighted by Crippen LogP contribution is -2.44. The molecule has 5 rings (SSSR count). The van der Waals surface area contributed by atoms with Crippen LogP contribution in [0.3, 0.4) is 0 Å². The van der Waals surface area contributed by atoms with Crippen LogP contribution in [0.5, 0.6) is 5.75 Å². The van der Waals surface area contributed by atoms with Crippen molar-refractivity contribution < 1.29 is 46.5 Å². The molecule has 0 radical (unpaired) electrons. The number of carbonyl (C=O) groups is 2. The van der Waals surface area contributed by atoms with E-state index in [1.807, 2.05) is 51.1 Å². The van der Waals surface area contributed by atoms with E-state index in [0.717, 1.165) is 22.1 Å². The average molecular weight is 903 g/mol. The number of pyridine rings is 2. The monoisotopic (exact) mass is 900 g/mol. The summed E-state index contributed by atoms with van der Waals surface area (Å²) >= 11 is 6.71. The van der Waals surface area contributed by atoms with Gasteiger partial charge in [-0.2, -0.15) is 13.2 Å². The highest BCUT2D eigenvalue weighted by atomic mass is 79.9. The predicted octanol–water partition coefficient (Wildman–Crippen LogP) is 10.5. The van der Waals surface area contributed by atoms with Crippen molar-refractivity contribution in [2.75, 3.05) is 0 Å². The van der Waals surface area contributed by atoms with Crippen molar-refractivity contribution in [1.29, 1.82) is 0 Å². The van der Waals surface area contributed by atoms with E-state index < -0.39 is 51.4 Å². The third kappa shape index (κ3) is 13.0. The molecular formula is C41H50Br2F4N2O6. The highest BCUT2D eigenvalue weighted by Crippen LogP contribution is 2.44. The lowest BCUT2D eigenvalue weighted by molar-refractivity contribution is -0.172. The van der Waals surface area contributed by atoms with Gasteiger partial charge in [-0.05, 0) is 161 Å². The van der Waals surface area contributed by atoms with Crippen LogP contribution >= 0.6 is 31.9 Å². The number of hydrogen-bond acceptors (Lipinski definition) is 8. The van der Waals surface area contributed by atoms with E-state index in [4.69, 9.17) is 14.2 Å². The first-order chi connectivity index (χ1) is 25.5. The molecule has 0 spiro atoms. The minimum absolute atomic E-state index is 0.173. The molecule has 0 bridgehead atoms. The molecule has 55 heavy (non-hydrogen) atoms. The van der Waals surface area contributed by atoms with Crippen LogP contribution in [-0.4, -0.2) is 50.4 Å². The number of halogens is 6. The van der Waals surface area contributed by atoms with E-state index in [9.17, 15) is 32.3 Å². The molecule has 8 nitrogen and oxygen atoms in total. The zero-order valence-corrected chi connectivity index (χ0v) is 35.2. The number of carbonyl (C=O) groups excluding carboxylic acids is 2. The molecule has 302 valence electrons. The van der Waals surface area contributed by atoms with Crippen LogP contribution in [0.25, 0.3) is 0 Å². The second-order valence-electron chi connectivity index (χ2n) is 16.5. The van der Waals surface area contributed by atoms with Gasteiger partial charge in [0.1, 0.15) is 20.4 Å². The Kier molecular flexibility index (Phi) is 14.6. The molecule has 0 atom stereocenters. The van der Waals surface area contributed by atoms with Gasteiger partial charge in [0.05, 0.1) is 28.6 Å². The van der Waals surface area contributed by atoms with Crippen LogP contribution < -0.4 is 4.74 Å². The van der Waals surface area contributed by atoms with Crippen LogP contribution in [-0.2, 0) is 38.1 Å². The van der Waals surface area contributed by atoms with E-state index in [0.29, 0.717) is 74.9 Å². The number of nitrogens with zero attached hydrogens (tertiary/aromatic N) is 2. The predicted molar refractivity (Wildman–Crippen MR) is 207 cm³/mol. The molecule has 3 aromatic rings. The molecule has 0 saturated heterocycles. The summed E-state index contributed by atoms with van der Waals surface area (Å²) in [7, 11) is 0. The van der Waals surface area contributed by atoms with Gasteiger partial charge in [-0.3, -0.25) is 9.59 Å². The minimum atomic E-state index is -4.81. The number of rotatable bonds is 8. The molecule has 2 heterocycles. The normalized spacial score (nSPS) is 23.2. The quantitative estimate of drug-likeness (QED) is 0.135. The van der Waals surface area contributed by atoms with Crippen LogP contribution in [0.4, 0.5) is 17.6 Å². The van der Waals surface area contributed by atoms with E-state index in [1.165, 1.54) is 6.07 Å². The fourth-order valence-corrected chi connectivity index (χ4v) is 7.65. The molecule has 0 amide bonds. The zero-order chi connectivity index (χ0) is 40.8. The summed E-state index contributed by atoms with van der Waals surface area (Å²) in [4.78, 5) is 34.9. The summed E-state index contributed by atoms with van der Waals surface area (Å²) in [5.41, 5.74) is -2.39. The Morgan fingerprint density at radius 1 is 0.727 bits per heavy atom. The number of esters is 2. The number of alkyl halides is 3. The lowest BCUT2D eigenvalue weighted by Gasteiger charge is -2.39. The van der Waals surface area contributed by atoms with E-state index >= 15 is 0 Å². The van der Waals surface area contributed by atoms with E-state index in [2.05, 4.69) is 41.8 Å². The summed E-state index contributed by atoms with van der Waals surface area (Å²) in [5, 5.41) is 9.79. The minimum Gasteiger partial charge on any atom is -0.487 e. The Labute approximate surface area is 337 Å². The molecule has 0 unspecified atom stereocenters. The van der Waals surface area contributed by atoms with Crippen molar-refractivity contribution >= 4 is 43.8 Å². The maximum atomic E-state index is 14.4. The van der Waals surface area contributed by atoms with Gasteiger partial charge in [0.25, 0.3) is 0 Å². The van der Waals surface area contributed by atoms with Crippen LogP contribution in [0.2, 0.25) is 0 Å². The van der Waals surface area contributed by atoms with E-state index in [1.54, 1.807) is 26.8 Å². The second-order valence-corrected chi connectivity index (χ2v) is 18.1. The van der Waals surface area contributed by atoms with Crippen LogP contribution in [0, 0.1) is 16.6 Å². The van der Waals surface area contributed by atoms with Gasteiger partial charge < -0.3 is 19.3 Å². The molecular weight excluding hydrogens is 852 g/mol. The topological polar surface area (TPSA) is 108 Å². The van der Waals surface area contributed by atoms with Crippen LogP contribution in [0.15, 0.2) is 63.8 Å². The fourth-order valence-electron chi connectivity index (χ4n) is 6.89. The van der Waals surface area contributed by atoms with Crippen molar-refractivity contribution in [3.05, 3.63) is 86.6 Å². The lowest BCUT2D eigenvalue weighted by atomic mass is 9.70. The van der Waals surface area contributed by atoms with Gasteiger partial charge in [0.2, 0.25) is 0 Å². The SMILES string of the molecule is CC(C)(C)OC(=O)C1(Cc2cccc(Br)n2)CCC(O)CC1.CC(C)(C)OC(=O)C1(Cc2cccc(Br)n2)CCC(Oc2cccc(C(F)(F)F)c2F)CC1. The van der Waals surface area contributed by atoms with Gasteiger partial charge >= 0.3 is 18.1 Å². The number of benzene rings is 1. The third-order valence-corrected chi connectivity index (χ3v) is 10.5. The van der Waals surface area contributed by atoms with Crippen molar-refractivity contribution in [3.8, 4) is 5.75 Å². The summed E-state index contributed by atoms with van der Waals surface area (Å²) in [6.45, 7) is 11.0. The molecule has 2 aliphatic rings. The highest BCUT2D eigenvalue weighted by molar-refractivity contribution is 9.10. The summed E-state index contributed by atoms with van der Waals surface area (Å²) in [5.74, 6) is -2.38. The standard InChI is InChI=1S/C24H26BrF4NO3.C17H24BrNO3/c1-22(2,3)33-21(31)23(14-15-6-4-9-19(25)30-15)12-10-16(11-13-23)32-18-8-5-7-17(20(18)26)24(27,28)29;1-16(2,3)22-15(21)17(9-7-13(20)8-10-17)11-12-5-4-6-14(18)19-12/h4-9,16H,10-14H2,1-3H3;4-6,13,20H,7-11H2,1-3H3. The Bertz CT molecular complexity index is 1780. The van der Waals surface area contributed by atoms with Crippen molar-refractivity contribution in [1.82, 2.24) is 9.97 Å².